The number of nitrogens with one attached hydrogen (secondary N) is 1. The van der Waals surface area contributed by atoms with Crippen molar-refractivity contribution in [2.45, 2.75) is 18.4 Å². The van der Waals surface area contributed by atoms with E-state index in [4.69, 9.17) is 35.4 Å². The fourth-order valence-electron chi connectivity index (χ4n) is 2.99. The van der Waals surface area contributed by atoms with Gasteiger partial charge in [-0.2, -0.15) is 5.26 Å². The van der Waals surface area contributed by atoms with E-state index in [1.165, 1.54) is 0 Å². The van der Waals surface area contributed by atoms with Gasteiger partial charge in [0.2, 0.25) is 0 Å². The van der Waals surface area contributed by atoms with E-state index in [0.29, 0.717) is 15.0 Å². The van der Waals surface area contributed by atoms with E-state index in [9.17, 15) is 5.26 Å². The number of benzene rings is 2. The van der Waals surface area contributed by atoms with E-state index in [1.54, 1.807) is 0 Å². The summed E-state index contributed by atoms with van der Waals surface area (Å²) in [5.41, 5.74) is 2.20. The Morgan fingerprint density at radius 1 is 0.957 bits per heavy atom. The molecular formula is C18H14Cl2N2S. The van der Waals surface area contributed by atoms with E-state index in [0.717, 1.165) is 17.5 Å². The topological polar surface area (TPSA) is 35.8 Å². The van der Waals surface area contributed by atoms with Crippen molar-refractivity contribution < 1.29 is 0 Å². The number of thiocarbonyl (C=S) groups is 1. The van der Waals surface area contributed by atoms with Crippen LogP contribution in [0.2, 0.25) is 10.0 Å². The van der Waals surface area contributed by atoms with E-state index in [1.807, 2.05) is 48.5 Å². The van der Waals surface area contributed by atoms with Gasteiger partial charge in [0, 0.05) is 16.0 Å². The lowest BCUT2D eigenvalue weighted by molar-refractivity contribution is 0.437. The number of hydrogen-bond donors (Lipinski definition) is 1. The first-order chi connectivity index (χ1) is 11.1. The largest absolute Gasteiger partial charge is 0.372 e. The lowest BCUT2D eigenvalue weighted by Gasteiger charge is -2.35. The lowest BCUT2D eigenvalue weighted by atomic mass is 9.77. The molecular weight excluding hydrogens is 347 g/mol. The molecule has 116 valence electrons. The first-order valence-electron chi connectivity index (χ1n) is 7.29. The van der Waals surface area contributed by atoms with Gasteiger partial charge in [-0.1, -0.05) is 59.7 Å². The van der Waals surface area contributed by atoms with Gasteiger partial charge in [0.1, 0.15) is 5.92 Å². The average molecular weight is 361 g/mol. The molecule has 0 saturated carbocycles. The molecule has 2 aromatic rings. The molecule has 1 aliphatic heterocycles. The quantitative estimate of drug-likeness (QED) is 0.740. The summed E-state index contributed by atoms with van der Waals surface area (Å²) < 4.78 is 0. The molecule has 3 atom stereocenters. The molecule has 1 aliphatic rings. The Morgan fingerprint density at radius 3 is 2.00 bits per heavy atom. The van der Waals surface area contributed by atoms with Crippen LogP contribution in [0.5, 0.6) is 0 Å². The Balaban J connectivity index is 1.92. The monoisotopic (exact) mass is 360 g/mol. The lowest BCUT2D eigenvalue weighted by Crippen LogP contribution is -2.41. The van der Waals surface area contributed by atoms with Gasteiger partial charge in [-0.25, -0.2) is 0 Å². The first kappa shape index (κ1) is 16.3. The Bertz CT molecular complexity index is 750. The van der Waals surface area contributed by atoms with Crippen molar-refractivity contribution in [1.82, 2.24) is 5.32 Å². The third-order valence-corrected chi connectivity index (χ3v) is 5.08. The molecule has 1 fully saturated rings. The molecule has 1 N–H and O–H groups in total. The first-order valence-corrected chi connectivity index (χ1v) is 8.46. The van der Waals surface area contributed by atoms with Gasteiger partial charge in [0.15, 0.2) is 0 Å². The fourth-order valence-corrected chi connectivity index (χ4v) is 3.61. The van der Waals surface area contributed by atoms with Gasteiger partial charge in [-0.15, -0.1) is 0 Å². The third-order valence-electron chi connectivity index (χ3n) is 4.20. The smallest absolute Gasteiger partial charge is 0.103 e. The molecule has 2 aromatic carbocycles. The maximum absolute atomic E-state index is 9.52. The predicted molar refractivity (Wildman–Crippen MR) is 97.8 cm³/mol. The summed E-state index contributed by atoms with van der Waals surface area (Å²) in [6, 6.07) is 17.8. The standard InChI is InChI=1S/C18H14Cl2N2S/c19-13-5-1-11(2-6-13)15-9-17(22-18(23)16(15)10-21)12-3-7-14(20)8-4-12/h1-8,15-17H,9H2,(H,22,23). The van der Waals surface area contributed by atoms with Gasteiger partial charge < -0.3 is 5.32 Å². The minimum Gasteiger partial charge on any atom is -0.372 e. The highest BCUT2D eigenvalue weighted by atomic mass is 35.5. The molecule has 3 rings (SSSR count). The minimum atomic E-state index is -0.324. The van der Waals surface area contributed by atoms with Crippen LogP contribution in [0.3, 0.4) is 0 Å². The Hall–Kier alpha value is -1.60. The molecule has 0 bridgehead atoms. The van der Waals surface area contributed by atoms with Crippen LogP contribution in [0, 0.1) is 17.2 Å². The van der Waals surface area contributed by atoms with Crippen molar-refractivity contribution in [3.8, 4) is 6.07 Å². The summed E-state index contributed by atoms with van der Waals surface area (Å²) in [7, 11) is 0. The van der Waals surface area contributed by atoms with Gasteiger partial charge in [0.25, 0.3) is 0 Å². The van der Waals surface area contributed by atoms with Gasteiger partial charge in [-0.05, 0) is 41.8 Å². The molecule has 1 saturated heterocycles. The van der Waals surface area contributed by atoms with Crippen LogP contribution in [-0.4, -0.2) is 4.99 Å². The van der Waals surface area contributed by atoms with Crippen molar-refractivity contribution in [2.24, 2.45) is 5.92 Å². The minimum absolute atomic E-state index is 0.0479. The Morgan fingerprint density at radius 2 is 1.48 bits per heavy atom. The van der Waals surface area contributed by atoms with Crippen LogP contribution < -0.4 is 5.32 Å². The molecule has 23 heavy (non-hydrogen) atoms. The second-order valence-corrected chi connectivity index (χ2v) is 6.93. The fraction of sp³-hybridized carbons (Fsp3) is 0.222. The number of halogens is 2. The van der Waals surface area contributed by atoms with E-state index in [-0.39, 0.29) is 17.9 Å². The maximum atomic E-state index is 9.52. The van der Waals surface area contributed by atoms with Gasteiger partial charge in [-0.3, -0.25) is 0 Å². The average Bonchev–Trinajstić information content (AvgIpc) is 2.55. The predicted octanol–water partition coefficient (Wildman–Crippen LogP) is 5.28. The van der Waals surface area contributed by atoms with Crippen LogP contribution in [0.25, 0.3) is 0 Å². The van der Waals surface area contributed by atoms with E-state index < -0.39 is 0 Å². The number of nitriles is 1. The molecule has 0 radical (unpaired) electrons. The Kier molecular flexibility index (Phi) is 4.87. The van der Waals surface area contributed by atoms with Crippen LogP contribution in [0.15, 0.2) is 48.5 Å². The summed E-state index contributed by atoms with van der Waals surface area (Å²) in [6.45, 7) is 0. The molecule has 3 unspecified atom stereocenters. The van der Waals surface area contributed by atoms with Crippen molar-refractivity contribution in [3.05, 3.63) is 69.7 Å². The number of piperidine rings is 1. The van der Waals surface area contributed by atoms with Crippen LogP contribution in [0.1, 0.15) is 29.5 Å². The molecule has 0 aliphatic carbocycles. The summed E-state index contributed by atoms with van der Waals surface area (Å²) in [5.74, 6) is -0.276. The molecule has 5 heteroatoms. The number of nitrogens with zero attached hydrogens (tertiary/aromatic N) is 1. The highest BCUT2D eigenvalue weighted by Crippen LogP contribution is 2.39. The third kappa shape index (κ3) is 3.50. The molecule has 0 aromatic heterocycles. The zero-order valence-corrected chi connectivity index (χ0v) is 14.5. The summed E-state index contributed by atoms with van der Waals surface area (Å²) in [5, 5.41) is 14.2. The molecule has 0 amide bonds. The summed E-state index contributed by atoms with van der Waals surface area (Å²) in [6.07, 6.45) is 0.793. The van der Waals surface area contributed by atoms with Crippen molar-refractivity contribution in [3.63, 3.8) is 0 Å². The second-order valence-electron chi connectivity index (χ2n) is 5.61. The highest BCUT2D eigenvalue weighted by molar-refractivity contribution is 7.80. The maximum Gasteiger partial charge on any atom is 0.103 e. The molecule has 0 spiro atoms. The van der Waals surface area contributed by atoms with E-state index in [2.05, 4.69) is 11.4 Å². The van der Waals surface area contributed by atoms with Crippen molar-refractivity contribution in [2.75, 3.05) is 0 Å². The Labute approximate surface area is 151 Å². The summed E-state index contributed by atoms with van der Waals surface area (Å²) >= 11 is 17.4. The van der Waals surface area contributed by atoms with Crippen molar-refractivity contribution in [1.29, 1.82) is 5.26 Å². The van der Waals surface area contributed by atoms with Crippen LogP contribution >= 0.6 is 35.4 Å². The molecule has 1 heterocycles. The normalized spacial score (nSPS) is 23.9. The van der Waals surface area contributed by atoms with Crippen molar-refractivity contribution >= 4 is 40.4 Å². The van der Waals surface area contributed by atoms with Crippen LogP contribution in [-0.2, 0) is 0 Å². The number of hydrogen-bond acceptors (Lipinski definition) is 2. The molecule has 2 nitrogen and oxygen atoms in total. The van der Waals surface area contributed by atoms with Crippen LogP contribution in [0.4, 0.5) is 0 Å². The highest BCUT2D eigenvalue weighted by Gasteiger charge is 2.35. The van der Waals surface area contributed by atoms with E-state index >= 15 is 0 Å². The second kappa shape index (κ2) is 6.88. The summed E-state index contributed by atoms with van der Waals surface area (Å²) in [4.78, 5) is 0.596. The zero-order chi connectivity index (χ0) is 16.4. The van der Waals surface area contributed by atoms with Gasteiger partial charge >= 0.3 is 0 Å². The zero-order valence-electron chi connectivity index (χ0n) is 12.2. The SMILES string of the molecule is N#CC1C(=S)NC(c2ccc(Cl)cc2)CC1c1ccc(Cl)cc1. The van der Waals surface area contributed by atoms with Gasteiger partial charge in [0.05, 0.1) is 17.1 Å². The number of rotatable bonds is 2.